The zero-order chi connectivity index (χ0) is 22.1. The van der Waals surface area contributed by atoms with Crippen molar-refractivity contribution in [2.24, 2.45) is 5.92 Å². The number of pyridine rings is 1. The fourth-order valence-corrected chi connectivity index (χ4v) is 4.59. The highest BCUT2D eigenvalue weighted by Gasteiger charge is 2.29. The van der Waals surface area contributed by atoms with E-state index < -0.39 is 22.8 Å². The molecule has 162 valence electrons. The second kappa shape index (κ2) is 8.69. The normalized spacial score (nSPS) is 16.2. The van der Waals surface area contributed by atoms with E-state index in [4.69, 9.17) is 11.6 Å². The molecule has 0 amide bonds. The molecule has 4 rings (SSSR count). The molecule has 2 N–H and O–H groups in total. The van der Waals surface area contributed by atoms with Crippen LogP contribution in [0.5, 0.6) is 0 Å². The topological polar surface area (TPSA) is 74.6 Å². The van der Waals surface area contributed by atoms with Gasteiger partial charge in [-0.1, -0.05) is 36.7 Å². The highest BCUT2D eigenvalue weighted by Crippen LogP contribution is 2.38. The van der Waals surface area contributed by atoms with Gasteiger partial charge in [0.2, 0.25) is 5.43 Å². The lowest BCUT2D eigenvalue weighted by atomic mass is 10.1. The van der Waals surface area contributed by atoms with Gasteiger partial charge in [0.1, 0.15) is 11.4 Å². The number of anilines is 1. The zero-order valence-corrected chi connectivity index (χ0v) is 17.8. The third-order valence-electron chi connectivity index (χ3n) is 5.71. The molecular weight excluding hydrogens is 421 g/mol. The summed E-state index contributed by atoms with van der Waals surface area (Å²) in [6, 6.07) is 10.1. The highest BCUT2D eigenvalue weighted by atomic mass is 35.5. The summed E-state index contributed by atoms with van der Waals surface area (Å²) < 4.78 is 16.8. The number of benzene rings is 2. The number of hydrogen-bond acceptors (Lipinski definition) is 4. The Morgan fingerprint density at radius 3 is 2.74 bits per heavy atom. The Labute approximate surface area is 183 Å². The van der Waals surface area contributed by atoms with Crippen LogP contribution in [0.4, 0.5) is 10.1 Å². The number of aromatic carboxylic acids is 1. The third-order valence-corrected chi connectivity index (χ3v) is 6.06. The molecule has 3 aromatic rings. The number of carbonyl (C=O) groups is 1. The lowest BCUT2D eigenvalue weighted by molar-refractivity contribution is 0.0695. The van der Waals surface area contributed by atoms with Crippen molar-refractivity contribution >= 4 is 34.2 Å². The van der Waals surface area contributed by atoms with E-state index in [0.717, 1.165) is 25.6 Å². The number of aromatic nitrogens is 1. The van der Waals surface area contributed by atoms with Crippen molar-refractivity contribution in [2.45, 2.75) is 13.3 Å². The summed E-state index contributed by atoms with van der Waals surface area (Å²) in [7, 11) is 0. The molecular formula is C23H23ClFN3O3. The standard InChI is InChI=1S/C23H23ClFN3O3/c1-2-26-11-14-8-9-27(12-14)21-18(25)10-16-20(19(21)24)28(15-6-4-3-5-7-15)13-17(22(16)29)23(30)31/h3-7,10,13-14,26H,2,8-9,11-12H2,1H3,(H,30,31). The van der Waals surface area contributed by atoms with Crippen LogP contribution in [0.15, 0.2) is 47.4 Å². The predicted molar refractivity (Wildman–Crippen MR) is 120 cm³/mol. The molecule has 0 bridgehead atoms. The first kappa shape index (κ1) is 21.3. The first-order chi connectivity index (χ1) is 14.9. The van der Waals surface area contributed by atoms with Crippen LogP contribution in [0.3, 0.4) is 0 Å². The van der Waals surface area contributed by atoms with Crippen LogP contribution >= 0.6 is 11.6 Å². The van der Waals surface area contributed by atoms with E-state index in [1.165, 1.54) is 6.20 Å². The van der Waals surface area contributed by atoms with Crippen LogP contribution in [0.25, 0.3) is 16.6 Å². The molecule has 1 unspecified atom stereocenters. The number of carboxylic acid groups (broad SMARTS) is 1. The second-order valence-corrected chi connectivity index (χ2v) is 8.09. The molecule has 1 saturated heterocycles. The minimum Gasteiger partial charge on any atom is -0.477 e. The summed E-state index contributed by atoms with van der Waals surface area (Å²) in [5.74, 6) is -1.62. The summed E-state index contributed by atoms with van der Waals surface area (Å²) in [5.41, 5.74) is -0.0180. The first-order valence-electron chi connectivity index (χ1n) is 10.2. The highest BCUT2D eigenvalue weighted by molar-refractivity contribution is 6.38. The molecule has 0 radical (unpaired) electrons. The lowest BCUT2D eigenvalue weighted by Crippen LogP contribution is -2.27. The van der Waals surface area contributed by atoms with Crippen molar-refractivity contribution in [1.29, 1.82) is 0 Å². The van der Waals surface area contributed by atoms with Crippen molar-refractivity contribution in [1.82, 2.24) is 9.88 Å². The minimum absolute atomic E-state index is 0.0570. The van der Waals surface area contributed by atoms with Crippen LogP contribution in [0.2, 0.25) is 5.02 Å². The molecule has 0 saturated carbocycles. The van der Waals surface area contributed by atoms with E-state index >= 15 is 4.39 Å². The number of carboxylic acids is 1. The van der Waals surface area contributed by atoms with Gasteiger partial charge in [0.25, 0.3) is 0 Å². The van der Waals surface area contributed by atoms with Gasteiger partial charge in [-0.15, -0.1) is 0 Å². The number of rotatable bonds is 6. The quantitative estimate of drug-likeness (QED) is 0.604. The van der Waals surface area contributed by atoms with Gasteiger partial charge in [0.05, 0.1) is 21.6 Å². The number of nitrogens with zero attached hydrogens (tertiary/aromatic N) is 2. The zero-order valence-electron chi connectivity index (χ0n) is 17.1. The molecule has 8 heteroatoms. The van der Waals surface area contributed by atoms with Gasteiger partial charge in [-0.25, -0.2) is 9.18 Å². The molecule has 0 aliphatic carbocycles. The van der Waals surface area contributed by atoms with Gasteiger partial charge in [-0.3, -0.25) is 4.79 Å². The number of fused-ring (bicyclic) bond motifs is 1. The maximum Gasteiger partial charge on any atom is 0.341 e. The Bertz CT molecular complexity index is 1200. The maximum absolute atomic E-state index is 15.2. The predicted octanol–water partition coefficient (Wildman–Crippen LogP) is 3.92. The van der Waals surface area contributed by atoms with Crippen molar-refractivity contribution in [3.05, 3.63) is 69.2 Å². The second-order valence-electron chi connectivity index (χ2n) is 7.71. The van der Waals surface area contributed by atoms with E-state index in [1.54, 1.807) is 28.8 Å². The number of para-hydroxylation sites is 1. The molecule has 1 aromatic heterocycles. The average Bonchev–Trinajstić information content (AvgIpc) is 3.21. The van der Waals surface area contributed by atoms with Gasteiger partial charge in [-0.2, -0.15) is 0 Å². The Morgan fingerprint density at radius 2 is 2.06 bits per heavy atom. The molecule has 6 nitrogen and oxygen atoms in total. The molecule has 1 aliphatic rings. The molecule has 0 spiro atoms. The fourth-order valence-electron chi connectivity index (χ4n) is 4.19. The van der Waals surface area contributed by atoms with Crippen LogP contribution in [0, 0.1) is 11.7 Å². The van der Waals surface area contributed by atoms with Crippen molar-refractivity contribution in [3.8, 4) is 5.69 Å². The van der Waals surface area contributed by atoms with Gasteiger partial charge in [0.15, 0.2) is 0 Å². The SMILES string of the molecule is CCNCC1CCN(c2c(F)cc3c(=O)c(C(=O)O)cn(-c4ccccc4)c3c2Cl)C1. The van der Waals surface area contributed by atoms with Crippen molar-refractivity contribution < 1.29 is 14.3 Å². The minimum atomic E-state index is -1.37. The van der Waals surface area contributed by atoms with Crippen molar-refractivity contribution in [3.63, 3.8) is 0 Å². The average molecular weight is 444 g/mol. The van der Waals surface area contributed by atoms with E-state index in [9.17, 15) is 14.7 Å². The van der Waals surface area contributed by atoms with Crippen LogP contribution in [-0.2, 0) is 0 Å². The summed E-state index contributed by atoms with van der Waals surface area (Å²) >= 11 is 6.73. The van der Waals surface area contributed by atoms with E-state index in [-0.39, 0.29) is 16.1 Å². The van der Waals surface area contributed by atoms with Gasteiger partial charge >= 0.3 is 5.97 Å². The Hall–Kier alpha value is -2.90. The molecule has 31 heavy (non-hydrogen) atoms. The summed E-state index contributed by atoms with van der Waals surface area (Å²) in [5, 5.41) is 12.9. The fraction of sp³-hybridized carbons (Fsp3) is 0.304. The van der Waals surface area contributed by atoms with E-state index in [1.807, 2.05) is 17.9 Å². The van der Waals surface area contributed by atoms with Crippen LogP contribution < -0.4 is 15.6 Å². The number of nitrogens with one attached hydrogen (secondary N) is 1. The van der Waals surface area contributed by atoms with Gasteiger partial charge in [0, 0.05) is 25.0 Å². The maximum atomic E-state index is 15.2. The number of halogens is 2. The largest absolute Gasteiger partial charge is 0.477 e. The summed E-state index contributed by atoms with van der Waals surface area (Å²) in [6.45, 7) is 5.06. The molecule has 1 atom stereocenters. The van der Waals surface area contributed by atoms with Crippen molar-refractivity contribution in [2.75, 3.05) is 31.1 Å². The van der Waals surface area contributed by atoms with Crippen LogP contribution in [-0.4, -0.2) is 41.8 Å². The summed E-state index contributed by atoms with van der Waals surface area (Å²) in [6.07, 6.45) is 2.16. The first-order valence-corrected chi connectivity index (χ1v) is 10.6. The van der Waals surface area contributed by atoms with E-state index in [0.29, 0.717) is 30.2 Å². The van der Waals surface area contributed by atoms with Gasteiger partial charge < -0.3 is 19.9 Å². The smallest absolute Gasteiger partial charge is 0.341 e. The lowest BCUT2D eigenvalue weighted by Gasteiger charge is -2.23. The van der Waals surface area contributed by atoms with Crippen LogP contribution in [0.1, 0.15) is 23.7 Å². The molecule has 2 aromatic carbocycles. The van der Waals surface area contributed by atoms with E-state index in [2.05, 4.69) is 5.32 Å². The monoisotopic (exact) mass is 443 g/mol. The third kappa shape index (κ3) is 3.91. The Kier molecular flexibility index (Phi) is 5.98. The molecule has 1 aliphatic heterocycles. The van der Waals surface area contributed by atoms with Gasteiger partial charge in [-0.05, 0) is 43.6 Å². The molecule has 1 fully saturated rings. The Balaban J connectivity index is 1.93. The Morgan fingerprint density at radius 1 is 1.32 bits per heavy atom. The number of hydrogen-bond donors (Lipinski definition) is 2. The molecule has 2 heterocycles. The summed E-state index contributed by atoms with van der Waals surface area (Å²) in [4.78, 5) is 26.4.